The number of alkyl halides is 1. The van der Waals surface area contributed by atoms with Gasteiger partial charge in [-0.3, -0.25) is 0 Å². The molecule has 0 radical (unpaired) electrons. The molecule has 2 aliphatic heterocycles. The molecule has 0 spiro atoms. The number of ether oxygens (including phenoxy) is 2. The summed E-state index contributed by atoms with van der Waals surface area (Å²) >= 11 is 10.1. The fourth-order valence-corrected chi connectivity index (χ4v) is 3.60. The van der Waals surface area contributed by atoms with Crippen molar-refractivity contribution in [1.29, 1.82) is 0 Å². The molecular formula is C14H16BrClO2. The van der Waals surface area contributed by atoms with Gasteiger partial charge in [-0.2, -0.15) is 0 Å². The Kier molecular flexibility index (Phi) is 3.83. The maximum Gasteiger partial charge on any atom is 0.127 e. The molecule has 2 nitrogen and oxygen atoms in total. The van der Waals surface area contributed by atoms with Crippen LogP contribution in [-0.2, 0) is 11.2 Å². The number of hydrogen-bond donors (Lipinski definition) is 0. The lowest BCUT2D eigenvalue weighted by molar-refractivity contribution is 0.103. The van der Waals surface area contributed by atoms with Crippen molar-refractivity contribution in [3.8, 4) is 5.75 Å². The first kappa shape index (κ1) is 12.8. The smallest absolute Gasteiger partial charge is 0.127 e. The summed E-state index contributed by atoms with van der Waals surface area (Å²) in [6.07, 6.45) is 4.43. The number of hydrogen-bond acceptors (Lipinski definition) is 2. The fraction of sp³-hybridized carbons (Fsp3) is 0.571. The highest BCUT2D eigenvalue weighted by molar-refractivity contribution is 9.10. The van der Waals surface area contributed by atoms with E-state index in [2.05, 4.69) is 28.1 Å². The van der Waals surface area contributed by atoms with E-state index >= 15 is 0 Å². The molecule has 0 aromatic heterocycles. The van der Waals surface area contributed by atoms with Crippen molar-refractivity contribution in [3.05, 3.63) is 27.7 Å². The van der Waals surface area contributed by atoms with E-state index in [1.807, 2.05) is 0 Å². The first-order valence-electron chi connectivity index (χ1n) is 6.45. The van der Waals surface area contributed by atoms with E-state index in [1.54, 1.807) is 0 Å². The first-order chi connectivity index (χ1) is 8.74. The van der Waals surface area contributed by atoms with Crippen LogP contribution >= 0.6 is 27.5 Å². The highest BCUT2D eigenvalue weighted by atomic mass is 79.9. The van der Waals surface area contributed by atoms with Crippen molar-refractivity contribution in [2.75, 3.05) is 13.2 Å². The van der Waals surface area contributed by atoms with Gasteiger partial charge in [-0.25, -0.2) is 0 Å². The zero-order valence-electron chi connectivity index (χ0n) is 10.1. The zero-order valence-corrected chi connectivity index (χ0v) is 12.5. The van der Waals surface area contributed by atoms with Gasteiger partial charge >= 0.3 is 0 Å². The number of fused-ring (bicyclic) bond motifs is 1. The number of benzene rings is 1. The lowest BCUT2D eigenvalue weighted by atomic mass is 10.0. The van der Waals surface area contributed by atoms with Gasteiger partial charge in [0.05, 0.1) is 18.1 Å². The van der Waals surface area contributed by atoms with Crippen LogP contribution < -0.4 is 4.74 Å². The molecule has 1 aromatic carbocycles. The molecule has 1 saturated heterocycles. The fourth-order valence-electron chi connectivity index (χ4n) is 2.72. The maximum absolute atomic E-state index is 6.56. The maximum atomic E-state index is 6.56. The minimum Gasteiger partial charge on any atom is -0.493 e. The van der Waals surface area contributed by atoms with Crippen LogP contribution in [0.15, 0.2) is 16.6 Å². The molecule has 2 aliphatic rings. The second-order valence-electron chi connectivity index (χ2n) is 4.92. The molecule has 1 fully saturated rings. The van der Waals surface area contributed by atoms with Crippen LogP contribution in [0.4, 0.5) is 0 Å². The zero-order chi connectivity index (χ0) is 12.5. The summed E-state index contributed by atoms with van der Waals surface area (Å²) in [6, 6.07) is 4.21. The lowest BCUT2D eigenvalue weighted by Gasteiger charge is -2.17. The van der Waals surface area contributed by atoms with Crippen molar-refractivity contribution < 1.29 is 9.47 Å². The van der Waals surface area contributed by atoms with Gasteiger partial charge in [0, 0.05) is 23.1 Å². The van der Waals surface area contributed by atoms with Crippen LogP contribution in [-0.4, -0.2) is 19.3 Å². The van der Waals surface area contributed by atoms with Gasteiger partial charge in [0.15, 0.2) is 0 Å². The van der Waals surface area contributed by atoms with E-state index in [0.717, 1.165) is 54.7 Å². The van der Waals surface area contributed by atoms with E-state index in [0.29, 0.717) is 6.10 Å². The predicted octanol–water partition coefficient (Wildman–Crippen LogP) is 4.23. The molecule has 3 rings (SSSR count). The Bertz CT molecular complexity index is 444. The van der Waals surface area contributed by atoms with Crippen molar-refractivity contribution in [2.45, 2.75) is 37.2 Å². The largest absolute Gasteiger partial charge is 0.493 e. The van der Waals surface area contributed by atoms with Crippen LogP contribution in [0, 0.1) is 0 Å². The van der Waals surface area contributed by atoms with Gasteiger partial charge in [0.2, 0.25) is 0 Å². The summed E-state index contributed by atoms with van der Waals surface area (Å²) in [7, 11) is 0. The predicted molar refractivity (Wildman–Crippen MR) is 75.5 cm³/mol. The Morgan fingerprint density at radius 2 is 2.28 bits per heavy atom. The summed E-state index contributed by atoms with van der Waals surface area (Å²) in [5, 5.41) is -0.0301. The summed E-state index contributed by atoms with van der Waals surface area (Å²) in [5.41, 5.74) is 2.37. The van der Waals surface area contributed by atoms with Gasteiger partial charge in [-0.15, -0.1) is 11.6 Å². The molecule has 1 aromatic rings. The highest BCUT2D eigenvalue weighted by Gasteiger charge is 2.26. The average Bonchev–Trinajstić information content (AvgIpc) is 2.97. The molecule has 2 heterocycles. The Balaban J connectivity index is 1.82. The van der Waals surface area contributed by atoms with E-state index in [9.17, 15) is 0 Å². The first-order valence-corrected chi connectivity index (χ1v) is 7.68. The third kappa shape index (κ3) is 2.54. The van der Waals surface area contributed by atoms with Crippen LogP contribution in [0.1, 0.15) is 35.8 Å². The summed E-state index contributed by atoms with van der Waals surface area (Å²) < 4.78 is 12.5. The number of halogens is 2. The third-order valence-electron chi connectivity index (χ3n) is 3.61. The minimum atomic E-state index is -0.0301. The quantitative estimate of drug-likeness (QED) is 0.772. The Hall–Kier alpha value is -0.250. The third-order valence-corrected chi connectivity index (χ3v) is 4.48. The molecule has 0 N–H and O–H groups in total. The molecule has 98 valence electrons. The Morgan fingerprint density at radius 1 is 1.39 bits per heavy atom. The van der Waals surface area contributed by atoms with Gasteiger partial charge in [-0.1, -0.05) is 15.9 Å². The van der Waals surface area contributed by atoms with Gasteiger partial charge < -0.3 is 9.47 Å². The van der Waals surface area contributed by atoms with Crippen LogP contribution in [0.5, 0.6) is 5.75 Å². The van der Waals surface area contributed by atoms with E-state index in [4.69, 9.17) is 21.1 Å². The second kappa shape index (κ2) is 5.40. The monoisotopic (exact) mass is 330 g/mol. The SMILES string of the molecule is ClC(CC1CCCO1)c1cc(Br)cc2c1OCC2. The van der Waals surface area contributed by atoms with Crippen LogP contribution in [0.25, 0.3) is 0 Å². The van der Waals surface area contributed by atoms with Crippen LogP contribution in [0.2, 0.25) is 0 Å². The van der Waals surface area contributed by atoms with Crippen molar-refractivity contribution in [3.63, 3.8) is 0 Å². The molecule has 4 heteroatoms. The molecule has 0 bridgehead atoms. The molecule has 2 unspecified atom stereocenters. The second-order valence-corrected chi connectivity index (χ2v) is 6.36. The minimum absolute atomic E-state index is 0.0301. The van der Waals surface area contributed by atoms with E-state index in [1.165, 1.54) is 5.56 Å². The molecule has 0 amide bonds. The van der Waals surface area contributed by atoms with Gasteiger partial charge in [0.25, 0.3) is 0 Å². The van der Waals surface area contributed by atoms with Crippen molar-refractivity contribution >= 4 is 27.5 Å². The molecular weight excluding hydrogens is 316 g/mol. The van der Waals surface area contributed by atoms with Gasteiger partial charge in [-0.05, 0) is 37.0 Å². The number of rotatable bonds is 3. The summed E-state index contributed by atoms with van der Waals surface area (Å²) in [5.74, 6) is 0.996. The Morgan fingerprint density at radius 3 is 3.06 bits per heavy atom. The topological polar surface area (TPSA) is 18.5 Å². The lowest BCUT2D eigenvalue weighted by Crippen LogP contribution is -2.09. The van der Waals surface area contributed by atoms with Gasteiger partial charge in [0.1, 0.15) is 5.75 Å². The normalized spacial score (nSPS) is 23.8. The van der Waals surface area contributed by atoms with E-state index in [-0.39, 0.29) is 5.38 Å². The highest BCUT2D eigenvalue weighted by Crippen LogP contribution is 2.41. The summed E-state index contributed by atoms with van der Waals surface area (Å²) in [4.78, 5) is 0. The van der Waals surface area contributed by atoms with Crippen molar-refractivity contribution in [1.82, 2.24) is 0 Å². The van der Waals surface area contributed by atoms with Crippen LogP contribution in [0.3, 0.4) is 0 Å². The Labute approximate surface area is 121 Å². The average molecular weight is 332 g/mol. The molecule has 18 heavy (non-hydrogen) atoms. The van der Waals surface area contributed by atoms with E-state index < -0.39 is 0 Å². The standard InChI is InChI=1S/C14H16BrClO2/c15-10-6-9-3-5-18-14(9)12(7-10)13(16)8-11-2-1-4-17-11/h6-7,11,13H,1-5,8H2. The molecule has 0 aliphatic carbocycles. The molecule has 2 atom stereocenters. The summed E-state index contributed by atoms with van der Waals surface area (Å²) in [6.45, 7) is 1.64. The molecule has 0 saturated carbocycles. The van der Waals surface area contributed by atoms with Crippen molar-refractivity contribution in [2.24, 2.45) is 0 Å².